The van der Waals surface area contributed by atoms with E-state index in [1.165, 1.54) is 16.3 Å². The molecule has 4 nitrogen and oxygen atoms in total. The second kappa shape index (κ2) is 6.50. The van der Waals surface area contributed by atoms with Crippen LogP contribution in [0.5, 0.6) is 0 Å². The fraction of sp³-hybridized carbons (Fsp3) is 0.368. The predicted octanol–water partition coefficient (Wildman–Crippen LogP) is 2.32. The Hall–Kier alpha value is -2.20. The summed E-state index contributed by atoms with van der Waals surface area (Å²) in [5.41, 5.74) is 1.24. The highest BCUT2D eigenvalue weighted by Crippen LogP contribution is 2.23. The van der Waals surface area contributed by atoms with E-state index in [2.05, 4.69) is 35.2 Å². The van der Waals surface area contributed by atoms with Crippen molar-refractivity contribution in [3.8, 4) is 0 Å². The van der Waals surface area contributed by atoms with Crippen molar-refractivity contribution in [1.29, 1.82) is 0 Å². The summed E-state index contributed by atoms with van der Waals surface area (Å²) in [6.07, 6.45) is 0.991. The van der Waals surface area contributed by atoms with Gasteiger partial charge in [-0.1, -0.05) is 36.4 Å². The molecule has 2 atom stereocenters. The number of carbonyl (C=O) groups is 2. The smallest absolute Gasteiger partial charge is 0.219 e. The van der Waals surface area contributed by atoms with Crippen LogP contribution in [-0.2, 0) is 16.1 Å². The number of benzene rings is 2. The highest BCUT2D eigenvalue weighted by molar-refractivity contribution is 5.83. The van der Waals surface area contributed by atoms with E-state index >= 15 is 0 Å². The molecule has 1 heterocycles. The van der Waals surface area contributed by atoms with Crippen molar-refractivity contribution in [1.82, 2.24) is 9.80 Å². The normalized spacial score (nSPS) is 21.5. The van der Waals surface area contributed by atoms with Crippen molar-refractivity contribution in [3.63, 3.8) is 0 Å². The molecule has 1 aliphatic heterocycles. The minimum absolute atomic E-state index is 0.00871. The lowest BCUT2D eigenvalue weighted by atomic mass is 10.0. The predicted molar refractivity (Wildman–Crippen MR) is 91.0 cm³/mol. The number of rotatable bonds is 4. The fourth-order valence-corrected chi connectivity index (χ4v) is 3.40. The topological polar surface area (TPSA) is 40.6 Å². The molecule has 4 heteroatoms. The van der Waals surface area contributed by atoms with E-state index < -0.39 is 0 Å². The number of nitrogens with zero attached hydrogens (tertiary/aromatic N) is 2. The Morgan fingerprint density at radius 3 is 2.65 bits per heavy atom. The van der Waals surface area contributed by atoms with Gasteiger partial charge in [-0.2, -0.15) is 0 Å². The van der Waals surface area contributed by atoms with Crippen LogP contribution >= 0.6 is 0 Å². The summed E-state index contributed by atoms with van der Waals surface area (Å²) in [5, 5.41) is 2.46. The number of carbonyl (C=O) groups excluding carboxylic acids is 2. The first-order valence-electron chi connectivity index (χ1n) is 7.97. The molecule has 23 heavy (non-hydrogen) atoms. The van der Waals surface area contributed by atoms with Gasteiger partial charge in [0.2, 0.25) is 5.91 Å². The van der Waals surface area contributed by atoms with Gasteiger partial charge in [-0.25, -0.2) is 0 Å². The van der Waals surface area contributed by atoms with Gasteiger partial charge in [-0.3, -0.25) is 9.69 Å². The van der Waals surface area contributed by atoms with Crippen molar-refractivity contribution in [3.05, 3.63) is 48.0 Å². The molecule has 0 bridgehead atoms. The first kappa shape index (κ1) is 15.7. The molecule has 120 valence electrons. The van der Waals surface area contributed by atoms with Gasteiger partial charge in [0.05, 0.1) is 6.04 Å². The molecule has 1 saturated heterocycles. The Kier molecular flexibility index (Phi) is 4.44. The molecule has 0 N–H and O–H groups in total. The average Bonchev–Trinajstić information content (AvgIpc) is 2.96. The molecule has 0 spiro atoms. The lowest BCUT2D eigenvalue weighted by Crippen LogP contribution is -2.41. The third kappa shape index (κ3) is 3.27. The van der Waals surface area contributed by atoms with E-state index in [0.717, 1.165) is 19.4 Å². The fourth-order valence-electron chi connectivity index (χ4n) is 3.40. The minimum Gasteiger partial charge on any atom is -0.341 e. The summed E-state index contributed by atoms with van der Waals surface area (Å²) >= 11 is 0. The number of aldehydes is 1. The van der Waals surface area contributed by atoms with Crippen molar-refractivity contribution in [2.75, 3.05) is 20.1 Å². The average molecular weight is 310 g/mol. The van der Waals surface area contributed by atoms with Crippen LogP contribution in [0.15, 0.2) is 42.5 Å². The van der Waals surface area contributed by atoms with E-state index in [0.29, 0.717) is 6.54 Å². The van der Waals surface area contributed by atoms with Gasteiger partial charge in [-0.05, 0) is 22.4 Å². The quantitative estimate of drug-likeness (QED) is 0.814. The highest BCUT2D eigenvalue weighted by Gasteiger charge is 2.36. The first-order valence-corrected chi connectivity index (χ1v) is 7.97. The van der Waals surface area contributed by atoms with Crippen molar-refractivity contribution < 1.29 is 9.59 Å². The second-order valence-electron chi connectivity index (χ2n) is 6.37. The van der Waals surface area contributed by atoms with E-state index in [4.69, 9.17) is 0 Å². The van der Waals surface area contributed by atoms with Crippen LogP contribution in [0.2, 0.25) is 0 Å². The van der Waals surface area contributed by atoms with Gasteiger partial charge in [-0.15, -0.1) is 0 Å². The molecule has 3 rings (SSSR count). The molecule has 0 aromatic heterocycles. The summed E-state index contributed by atoms with van der Waals surface area (Å²) in [7, 11) is 1.78. The molecular formula is C19H22N2O2. The van der Waals surface area contributed by atoms with E-state index in [1.807, 2.05) is 12.1 Å². The molecule has 2 aromatic carbocycles. The number of likely N-dealkylation sites (tertiary alicyclic amines) is 1. The van der Waals surface area contributed by atoms with Gasteiger partial charge >= 0.3 is 0 Å². The van der Waals surface area contributed by atoms with E-state index in [9.17, 15) is 9.59 Å². The Morgan fingerprint density at radius 2 is 1.96 bits per heavy atom. The molecule has 0 radical (unpaired) electrons. The van der Waals surface area contributed by atoms with Crippen LogP contribution < -0.4 is 0 Å². The highest BCUT2D eigenvalue weighted by atomic mass is 16.2. The van der Waals surface area contributed by atoms with Crippen molar-refractivity contribution >= 4 is 23.0 Å². The van der Waals surface area contributed by atoms with Crippen LogP contribution in [0.25, 0.3) is 10.8 Å². The van der Waals surface area contributed by atoms with Crippen LogP contribution in [0, 0.1) is 5.92 Å². The monoisotopic (exact) mass is 310 g/mol. The molecule has 0 aliphatic carbocycles. The Morgan fingerprint density at radius 1 is 1.22 bits per heavy atom. The maximum atomic E-state index is 11.6. The van der Waals surface area contributed by atoms with Gasteiger partial charge < -0.3 is 9.69 Å². The second-order valence-corrected chi connectivity index (χ2v) is 6.37. The zero-order valence-electron chi connectivity index (χ0n) is 13.6. The number of likely N-dealkylation sites (N-methyl/N-ethyl adjacent to an activating group) is 1. The van der Waals surface area contributed by atoms with Gasteiger partial charge in [0.25, 0.3) is 0 Å². The summed E-state index contributed by atoms with van der Waals surface area (Å²) in [6.45, 7) is 3.80. The van der Waals surface area contributed by atoms with Crippen molar-refractivity contribution in [2.24, 2.45) is 5.92 Å². The van der Waals surface area contributed by atoms with Gasteiger partial charge in [0, 0.05) is 39.5 Å². The Bertz CT molecular complexity index is 728. The summed E-state index contributed by atoms with van der Waals surface area (Å²) in [6, 6.07) is 14.8. The van der Waals surface area contributed by atoms with E-state index in [-0.39, 0.29) is 17.9 Å². The third-order valence-corrected chi connectivity index (χ3v) is 4.80. The molecular weight excluding hydrogens is 288 g/mol. The summed E-state index contributed by atoms with van der Waals surface area (Å²) < 4.78 is 0. The van der Waals surface area contributed by atoms with Gasteiger partial charge in [0.1, 0.15) is 6.29 Å². The number of amides is 1. The maximum Gasteiger partial charge on any atom is 0.219 e. The molecule has 1 fully saturated rings. The third-order valence-electron chi connectivity index (χ3n) is 4.80. The molecule has 1 amide bonds. The number of fused-ring (bicyclic) bond motifs is 1. The SMILES string of the molecule is CC(=O)N(C)[C@H]1CN(Cc2ccc3ccccc3c2)C[C@H]1C=O. The minimum atomic E-state index is -0.107. The summed E-state index contributed by atoms with van der Waals surface area (Å²) in [5.74, 6) is -0.0984. The Balaban J connectivity index is 1.74. The molecule has 1 aliphatic rings. The standard InChI is InChI=1S/C19H22N2O2/c1-14(23)20(2)19-12-21(11-18(19)13-22)10-15-7-8-16-5-3-4-6-17(16)9-15/h3-9,13,18-19H,10-12H2,1-2H3/t18-,19-/m0/s1. The van der Waals surface area contributed by atoms with E-state index in [1.54, 1.807) is 18.9 Å². The lowest BCUT2D eigenvalue weighted by molar-refractivity contribution is -0.130. The number of hydrogen-bond donors (Lipinski definition) is 0. The zero-order chi connectivity index (χ0) is 16.4. The lowest BCUT2D eigenvalue weighted by Gasteiger charge is -2.25. The van der Waals surface area contributed by atoms with Crippen LogP contribution in [0.3, 0.4) is 0 Å². The van der Waals surface area contributed by atoms with Gasteiger partial charge in [0.15, 0.2) is 0 Å². The van der Waals surface area contributed by atoms with Crippen LogP contribution in [-0.4, -0.2) is 48.2 Å². The summed E-state index contributed by atoms with van der Waals surface area (Å²) in [4.78, 5) is 26.9. The first-order chi connectivity index (χ1) is 11.1. The Labute approximate surface area is 136 Å². The van der Waals surface area contributed by atoms with Crippen molar-refractivity contribution in [2.45, 2.75) is 19.5 Å². The zero-order valence-corrected chi connectivity index (χ0v) is 13.6. The molecule has 0 unspecified atom stereocenters. The molecule has 0 saturated carbocycles. The van der Waals surface area contributed by atoms with Crippen LogP contribution in [0.4, 0.5) is 0 Å². The maximum absolute atomic E-state index is 11.6. The van der Waals surface area contributed by atoms with Crippen LogP contribution in [0.1, 0.15) is 12.5 Å². The molecule has 2 aromatic rings. The number of hydrogen-bond acceptors (Lipinski definition) is 3. The largest absolute Gasteiger partial charge is 0.341 e.